The number of cyclic esters (lactones) is 1. The van der Waals surface area contributed by atoms with Gasteiger partial charge in [-0.1, -0.05) is 6.92 Å². The number of rotatable bonds is 3. The predicted molar refractivity (Wildman–Crippen MR) is 126 cm³/mol. The number of nitrogens with one attached hydrogen (secondary N) is 1. The second-order valence-corrected chi connectivity index (χ2v) is 9.47. The van der Waals surface area contributed by atoms with Gasteiger partial charge >= 0.3 is 5.97 Å². The summed E-state index contributed by atoms with van der Waals surface area (Å²) in [7, 11) is 1.62. The van der Waals surface area contributed by atoms with E-state index in [1.807, 2.05) is 12.1 Å². The SMILES string of the molecule is CC[C@@]1(O)C(=O)OCc2c1cc1n(c2=O)Cc2c-1nc1ccc(OC)c3c1c2CC(NC(C)=O)C3. The molecule has 6 rings (SSSR count). The number of pyridine rings is 2. The van der Waals surface area contributed by atoms with Crippen LogP contribution in [0.5, 0.6) is 5.75 Å². The first-order valence-corrected chi connectivity index (χ1v) is 11.7. The quantitative estimate of drug-likeness (QED) is 0.433. The van der Waals surface area contributed by atoms with Gasteiger partial charge in [-0.3, -0.25) is 9.59 Å². The largest absolute Gasteiger partial charge is 0.496 e. The second-order valence-electron chi connectivity index (χ2n) is 9.47. The monoisotopic (exact) mass is 475 g/mol. The molecule has 0 bridgehead atoms. The van der Waals surface area contributed by atoms with Crippen molar-refractivity contribution in [3.05, 3.63) is 56.4 Å². The lowest BCUT2D eigenvalue weighted by Crippen LogP contribution is -2.44. The molecule has 9 heteroatoms. The van der Waals surface area contributed by atoms with Gasteiger partial charge in [0, 0.05) is 35.0 Å². The summed E-state index contributed by atoms with van der Waals surface area (Å²) >= 11 is 0. The smallest absolute Gasteiger partial charge is 0.343 e. The van der Waals surface area contributed by atoms with Crippen molar-refractivity contribution in [3.63, 3.8) is 0 Å². The fourth-order valence-electron chi connectivity index (χ4n) is 5.89. The van der Waals surface area contributed by atoms with Crippen LogP contribution >= 0.6 is 0 Å². The predicted octanol–water partition coefficient (Wildman–Crippen LogP) is 1.69. The highest BCUT2D eigenvalue weighted by Crippen LogP contribution is 2.43. The molecule has 1 amide bonds. The lowest BCUT2D eigenvalue weighted by atomic mass is 9.83. The van der Waals surface area contributed by atoms with Gasteiger partial charge in [-0.2, -0.15) is 0 Å². The van der Waals surface area contributed by atoms with E-state index in [1.165, 1.54) is 6.92 Å². The number of carbonyl (C=O) groups excluding carboxylic acids is 2. The molecule has 0 saturated carbocycles. The van der Waals surface area contributed by atoms with Gasteiger partial charge in [0.15, 0.2) is 5.60 Å². The van der Waals surface area contributed by atoms with Gasteiger partial charge in [-0.05, 0) is 43.0 Å². The molecule has 1 aliphatic carbocycles. The maximum Gasteiger partial charge on any atom is 0.343 e. The number of amides is 1. The van der Waals surface area contributed by atoms with Crippen molar-refractivity contribution in [2.75, 3.05) is 7.11 Å². The molecule has 180 valence electrons. The van der Waals surface area contributed by atoms with Crippen LogP contribution in [0.25, 0.3) is 22.3 Å². The Hall–Kier alpha value is -3.72. The van der Waals surface area contributed by atoms with E-state index in [2.05, 4.69) is 5.32 Å². The van der Waals surface area contributed by atoms with Crippen LogP contribution in [-0.2, 0) is 45.9 Å². The van der Waals surface area contributed by atoms with Crippen molar-refractivity contribution in [2.24, 2.45) is 0 Å². The van der Waals surface area contributed by atoms with Gasteiger partial charge in [0.2, 0.25) is 5.91 Å². The van der Waals surface area contributed by atoms with E-state index in [0.29, 0.717) is 41.9 Å². The number of benzene rings is 1. The number of methoxy groups -OCH3 is 1. The Labute approximate surface area is 200 Å². The van der Waals surface area contributed by atoms with Gasteiger partial charge in [0.05, 0.1) is 36.1 Å². The average molecular weight is 476 g/mol. The Kier molecular flexibility index (Phi) is 4.60. The molecule has 9 nitrogen and oxygen atoms in total. The van der Waals surface area contributed by atoms with Gasteiger partial charge in [0.25, 0.3) is 5.56 Å². The molecule has 2 N–H and O–H groups in total. The number of fused-ring (bicyclic) bond motifs is 5. The minimum absolute atomic E-state index is 0.0898. The maximum atomic E-state index is 13.5. The van der Waals surface area contributed by atoms with Crippen LogP contribution in [0, 0.1) is 0 Å². The number of aliphatic hydroxyl groups is 1. The number of ether oxygens (including phenoxy) is 2. The first-order valence-electron chi connectivity index (χ1n) is 11.7. The summed E-state index contributed by atoms with van der Waals surface area (Å²) in [6, 6.07) is 5.38. The highest BCUT2D eigenvalue weighted by Gasteiger charge is 2.45. The molecule has 1 unspecified atom stereocenters. The minimum Gasteiger partial charge on any atom is -0.496 e. The zero-order valence-corrected chi connectivity index (χ0v) is 19.7. The van der Waals surface area contributed by atoms with Gasteiger partial charge in [0.1, 0.15) is 12.4 Å². The third-order valence-corrected chi connectivity index (χ3v) is 7.56. The van der Waals surface area contributed by atoms with E-state index in [4.69, 9.17) is 14.5 Å². The van der Waals surface area contributed by atoms with Crippen LogP contribution in [0.4, 0.5) is 0 Å². The van der Waals surface area contributed by atoms with Crippen LogP contribution in [0.2, 0.25) is 0 Å². The molecule has 2 aromatic heterocycles. The highest BCUT2D eigenvalue weighted by atomic mass is 16.6. The number of hydrogen-bond acceptors (Lipinski definition) is 7. The van der Waals surface area contributed by atoms with E-state index in [9.17, 15) is 19.5 Å². The molecule has 4 heterocycles. The number of esters is 1. The molecule has 2 atom stereocenters. The van der Waals surface area contributed by atoms with Crippen LogP contribution in [0.3, 0.4) is 0 Å². The zero-order chi connectivity index (χ0) is 24.6. The topological polar surface area (TPSA) is 120 Å². The van der Waals surface area contributed by atoms with Crippen LogP contribution < -0.4 is 15.6 Å². The fraction of sp³-hybridized carbons (Fsp3) is 0.385. The summed E-state index contributed by atoms with van der Waals surface area (Å²) < 4.78 is 12.4. The summed E-state index contributed by atoms with van der Waals surface area (Å²) in [5.74, 6) is -0.111. The molecule has 1 aromatic carbocycles. The first-order chi connectivity index (χ1) is 16.8. The van der Waals surface area contributed by atoms with Crippen molar-refractivity contribution in [3.8, 4) is 17.1 Å². The van der Waals surface area contributed by atoms with Crippen molar-refractivity contribution >= 4 is 22.8 Å². The molecular weight excluding hydrogens is 450 g/mol. The van der Waals surface area contributed by atoms with E-state index >= 15 is 0 Å². The lowest BCUT2D eigenvalue weighted by molar-refractivity contribution is -0.172. The third-order valence-electron chi connectivity index (χ3n) is 7.56. The Morgan fingerprint density at radius 3 is 2.74 bits per heavy atom. The average Bonchev–Trinajstić information content (AvgIpc) is 3.21. The molecular formula is C26H25N3O6. The minimum atomic E-state index is -1.87. The normalized spacial score (nSPS) is 21.7. The van der Waals surface area contributed by atoms with Crippen molar-refractivity contribution in [2.45, 2.75) is 57.9 Å². The summed E-state index contributed by atoms with van der Waals surface area (Å²) in [4.78, 5) is 42.8. The molecule has 0 saturated heterocycles. The molecule has 0 radical (unpaired) electrons. The lowest BCUT2D eigenvalue weighted by Gasteiger charge is -2.31. The van der Waals surface area contributed by atoms with Gasteiger partial charge < -0.3 is 24.5 Å². The van der Waals surface area contributed by atoms with Crippen LogP contribution in [-0.4, -0.2) is 39.7 Å². The number of carbonyl (C=O) groups is 2. The molecule has 0 fully saturated rings. The summed E-state index contributed by atoms with van der Waals surface area (Å²) in [6.45, 7) is 3.34. The van der Waals surface area contributed by atoms with Crippen molar-refractivity contribution < 1.29 is 24.2 Å². The van der Waals surface area contributed by atoms with Gasteiger partial charge in [-0.15, -0.1) is 0 Å². The van der Waals surface area contributed by atoms with E-state index < -0.39 is 11.6 Å². The molecule has 3 aliphatic rings. The Bertz CT molecular complexity index is 1520. The van der Waals surface area contributed by atoms with E-state index in [-0.39, 0.29) is 30.5 Å². The highest BCUT2D eigenvalue weighted by molar-refractivity contribution is 5.93. The summed E-state index contributed by atoms with van der Waals surface area (Å²) in [5, 5.41) is 15.1. The Morgan fingerprint density at radius 1 is 1.26 bits per heavy atom. The zero-order valence-electron chi connectivity index (χ0n) is 19.7. The fourth-order valence-corrected chi connectivity index (χ4v) is 5.89. The van der Waals surface area contributed by atoms with Crippen molar-refractivity contribution in [1.29, 1.82) is 0 Å². The molecule has 2 aliphatic heterocycles. The Balaban J connectivity index is 1.62. The molecule has 35 heavy (non-hydrogen) atoms. The summed E-state index contributed by atoms with van der Waals surface area (Å²) in [6.07, 6.45) is 1.31. The number of aromatic nitrogens is 2. The van der Waals surface area contributed by atoms with E-state index in [0.717, 1.165) is 33.3 Å². The number of nitrogens with zero attached hydrogens (tertiary/aromatic N) is 2. The molecule has 3 aromatic rings. The third kappa shape index (κ3) is 2.91. The van der Waals surface area contributed by atoms with Crippen LogP contribution in [0.1, 0.15) is 48.1 Å². The van der Waals surface area contributed by atoms with E-state index in [1.54, 1.807) is 24.7 Å². The summed E-state index contributed by atoms with van der Waals surface area (Å²) in [5.41, 5.74) is 3.36. The number of hydrogen-bond donors (Lipinski definition) is 2. The first kappa shape index (κ1) is 21.8. The van der Waals surface area contributed by atoms with Crippen molar-refractivity contribution in [1.82, 2.24) is 14.9 Å². The van der Waals surface area contributed by atoms with Gasteiger partial charge in [-0.25, -0.2) is 9.78 Å². The van der Waals surface area contributed by atoms with Crippen LogP contribution in [0.15, 0.2) is 23.0 Å². The Morgan fingerprint density at radius 2 is 2.03 bits per heavy atom. The molecule has 0 spiro atoms. The standard InChI is InChI=1S/C26H25N3O6/c1-4-26(33)18-9-20-23-16(10-29(20)24(31)17(18)11-35-25(26)32)14-7-13(27-12(2)30)8-15-21(34-3)6-5-19(28-23)22(14)15/h5-6,9,13,33H,4,7-8,10-11H2,1-3H3,(H,27,30)/t13?,26-/m0/s1. The second kappa shape index (κ2) is 7.39. The maximum absolute atomic E-state index is 13.5.